The fourth-order valence-corrected chi connectivity index (χ4v) is 4.19. The Morgan fingerprint density at radius 1 is 0.929 bits per heavy atom. The second kappa shape index (κ2) is 8.33. The molecule has 2 aromatic heterocycles. The van der Waals surface area contributed by atoms with Crippen LogP contribution in [0.5, 0.6) is 0 Å². The van der Waals surface area contributed by atoms with E-state index in [1.807, 2.05) is 59.3 Å². The summed E-state index contributed by atoms with van der Waals surface area (Å²) in [6, 6.07) is 17.4. The predicted molar refractivity (Wildman–Crippen MR) is 115 cm³/mol. The third-order valence-corrected chi connectivity index (χ3v) is 5.86. The smallest absolute Gasteiger partial charge is 0.267 e. The van der Waals surface area contributed by atoms with Gasteiger partial charge in [-0.25, -0.2) is 4.98 Å². The van der Waals surface area contributed by atoms with Crippen LogP contribution in [-0.4, -0.2) is 16.8 Å². The quantitative estimate of drug-likeness (QED) is 0.462. The molecule has 0 aliphatic carbocycles. The number of anilines is 2. The maximum absolute atomic E-state index is 12.4. The molecule has 5 nitrogen and oxygen atoms in total. The number of hydrogen-bond acceptors (Lipinski definition) is 5. The van der Waals surface area contributed by atoms with Gasteiger partial charge in [0.15, 0.2) is 5.13 Å². The summed E-state index contributed by atoms with van der Waals surface area (Å²) in [5.41, 5.74) is 1.60. The van der Waals surface area contributed by atoms with Gasteiger partial charge in [-0.15, -0.1) is 22.7 Å². The van der Waals surface area contributed by atoms with Gasteiger partial charge in [-0.2, -0.15) is 0 Å². The van der Waals surface area contributed by atoms with Gasteiger partial charge < -0.3 is 5.32 Å². The summed E-state index contributed by atoms with van der Waals surface area (Å²) in [6.07, 6.45) is 0.841. The number of nitrogens with one attached hydrogen (secondary N) is 2. The summed E-state index contributed by atoms with van der Waals surface area (Å²) in [4.78, 5) is 29.5. The number of thiophene rings is 1. The molecule has 7 heteroatoms. The normalized spacial score (nSPS) is 10.7. The lowest BCUT2D eigenvalue weighted by molar-refractivity contribution is -0.116. The molecule has 0 fully saturated rings. The van der Waals surface area contributed by atoms with E-state index >= 15 is 0 Å². The van der Waals surface area contributed by atoms with Crippen molar-refractivity contribution in [2.24, 2.45) is 0 Å². The third kappa shape index (κ3) is 4.27. The lowest BCUT2D eigenvalue weighted by atomic mass is 10.1. The van der Waals surface area contributed by atoms with E-state index in [2.05, 4.69) is 15.6 Å². The number of aromatic nitrogens is 1. The van der Waals surface area contributed by atoms with Gasteiger partial charge in [0.1, 0.15) is 0 Å². The third-order valence-electron chi connectivity index (χ3n) is 4.19. The molecule has 4 rings (SSSR count). The van der Waals surface area contributed by atoms with Gasteiger partial charge in [0.25, 0.3) is 5.91 Å². The van der Waals surface area contributed by atoms with E-state index in [4.69, 9.17) is 0 Å². The number of carbonyl (C=O) groups is 2. The Morgan fingerprint density at radius 3 is 2.64 bits per heavy atom. The van der Waals surface area contributed by atoms with Crippen LogP contribution >= 0.6 is 22.7 Å². The van der Waals surface area contributed by atoms with Crippen LogP contribution in [0.15, 0.2) is 65.4 Å². The van der Waals surface area contributed by atoms with E-state index < -0.39 is 0 Å². The van der Waals surface area contributed by atoms with Crippen molar-refractivity contribution in [2.45, 2.75) is 12.8 Å². The first-order valence-electron chi connectivity index (χ1n) is 8.76. The summed E-state index contributed by atoms with van der Waals surface area (Å²) >= 11 is 2.75. The molecule has 2 amide bonds. The SMILES string of the molecule is O=C(CCc1csc(NC(=O)c2cccs2)n1)Nc1cccc2ccccc12. The average molecular weight is 408 g/mol. The number of benzene rings is 2. The first kappa shape index (κ1) is 18.3. The Labute approximate surface area is 170 Å². The summed E-state index contributed by atoms with van der Waals surface area (Å²) in [5, 5.41) is 12.2. The number of thiazole rings is 1. The molecule has 0 aliphatic heterocycles. The van der Waals surface area contributed by atoms with Gasteiger partial charge in [-0.05, 0) is 29.3 Å². The number of carbonyl (C=O) groups excluding carboxylic acids is 2. The Morgan fingerprint density at radius 2 is 1.79 bits per heavy atom. The highest BCUT2D eigenvalue weighted by Crippen LogP contribution is 2.23. The molecule has 28 heavy (non-hydrogen) atoms. The van der Waals surface area contributed by atoms with Crippen LogP contribution in [0, 0.1) is 0 Å². The van der Waals surface area contributed by atoms with Crippen molar-refractivity contribution in [1.82, 2.24) is 4.98 Å². The van der Waals surface area contributed by atoms with Gasteiger partial charge in [-0.1, -0.05) is 42.5 Å². The van der Waals surface area contributed by atoms with Crippen molar-refractivity contribution in [3.8, 4) is 0 Å². The Bertz CT molecular complexity index is 1110. The van der Waals surface area contributed by atoms with Crippen molar-refractivity contribution in [1.29, 1.82) is 0 Å². The minimum atomic E-state index is -0.162. The number of hydrogen-bond donors (Lipinski definition) is 2. The Hall–Kier alpha value is -3.03. The fourth-order valence-electron chi connectivity index (χ4n) is 2.83. The molecule has 0 aliphatic rings. The van der Waals surface area contributed by atoms with Gasteiger partial charge in [-0.3, -0.25) is 14.9 Å². The van der Waals surface area contributed by atoms with Crippen LogP contribution in [0.25, 0.3) is 10.8 Å². The number of amides is 2. The minimum absolute atomic E-state index is 0.0616. The van der Waals surface area contributed by atoms with Gasteiger partial charge in [0.2, 0.25) is 5.91 Å². The van der Waals surface area contributed by atoms with E-state index in [9.17, 15) is 9.59 Å². The van der Waals surface area contributed by atoms with Gasteiger partial charge in [0.05, 0.1) is 10.6 Å². The number of aryl methyl sites for hydroxylation is 1. The monoisotopic (exact) mass is 407 g/mol. The highest BCUT2D eigenvalue weighted by Gasteiger charge is 2.11. The molecule has 0 unspecified atom stereocenters. The fraction of sp³-hybridized carbons (Fsp3) is 0.0952. The average Bonchev–Trinajstić information content (AvgIpc) is 3.39. The molecule has 0 saturated carbocycles. The standard InChI is InChI=1S/C21H17N3O2S2/c25-19(23-17-8-3-6-14-5-1-2-7-16(14)17)11-10-15-13-28-21(22-15)24-20(26)18-9-4-12-27-18/h1-9,12-13H,10-11H2,(H,23,25)(H,22,24,26). The molecule has 0 saturated heterocycles. The van der Waals surface area contributed by atoms with Crippen LogP contribution in [0.4, 0.5) is 10.8 Å². The van der Waals surface area contributed by atoms with Crippen molar-refractivity contribution in [2.75, 3.05) is 10.6 Å². The molecule has 0 atom stereocenters. The first-order valence-corrected chi connectivity index (χ1v) is 10.5. The Balaban J connectivity index is 1.34. The van der Waals surface area contributed by atoms with Crippen molar-refractivity contribution in [3.63, 3.8) is 0 Å². The van der Waals surface area contributed by atoms with E-state index in [1.54, 1.807) is 6.07 Å². The minimum Gasteiger partial charge on any atom is -0.326 e. The van der Waals surface area contributed by atoms with Crippen LogP contribution in [-0.2, 0) is 11.2 Å². The second-order valence-corrected chi connectivity index (χ2v) is 7.96. The Kier molecular flexibility index (Phi) is 5.45. The van der Waals surface area contributed by atoms with Gasteiger partial charge in [0, 0.05) is 22.9 Å². The topological polar surface area (TPSA) is 71.1 Å². The van der Waals surface area contributed by atoms with Crippen LogP contribution in [0.3, 0.4) is 0 Å². The summed E-state index contributed by atoms with van der Waals surface area (Å²) in [6.45, 7) is 0. The highest BCUT2D eigenvalue weighted by atomic mass is 32.1. The lowest BCUT2D eigenvalue weighted by Gasteiger charge is -2.08. The lowest BCUT2D eigenvalue weighted by Crippen LogP contribution is -2.13. The number of rotatable bonds is 6. The van der Waals surface area contributed by atoms with Crippen LogP contribution in [0.2, 0.25) is 0 Å². The first-order chi connectivity index (χ1) is 13.7. The van der Waals surface area contributed by atoms with Crippen molar-refractivity contribution in [3.05, 3.63) is 75.9 Å². The van der Waals surface area contributed by atoms with Crippen LogP contribution < -0.4 is 10.6 Å². The zero-order valence-electron chi connectivity index (χ0n) is 14.8. The molecule has 0 radical (unpaired) electrons. The summed E-state index contributed by atoms with van der Waals surface area (Å²) in [5.74, 6) is -0.224. The second-order valence-electron chi connectivity index (χ2n) is 6.15. The molecule has 2 aromatic carbocycles. The van der Waals surface area contributed by atoms with Crippen molar-refractivity contribution < 1.29 is 9.59 Å². The number of fused-ring (bicyclic) bond motifs is 1. The number of nitrogens with zero attached hydrogens (tertiary/aromatic N) is 1. The predicted octanol–water partition coefficient (Wildman–Crippen LogP) is 5.18. The van der Waals surface area contributed by atoms with E-state index in [0.717, 1.165) is 22.2 Å². The largest absolute Gasteiger partial charge is 0.326 e. The zero-order valence-corrected chi connectivity index (χ0v) is 16.5. The van der Waals surface area contributed by atoms with Crippen LogP contribution in [0.1, 0.15) is 21.8 Å². The van der Waals surface area contributed by atoms with E-state index in [-0.39, 0.29) is 11.8 Å². The molecule has 0 bridgehead atoms. The van der Waals surface area contributed by atoms with E-state index in [0.29, 0.717) is 22.9 Å². The molecule has 2 heterocycles. The highest BCUT2D eigenvalue weighted by molar-refractivity contribution is 7.14. The van der Waals surface area contributed by atoms with Gasteiger partial charge >= 0.3 is 0 Å². The van der Waals surface area contributed by atoms with Crippen molar-refractivity contribution >= 4 is 56.1 Å². The molecule has 2 N–H and O–H groups in total. The maximum Gasteiger partial charge on any atom is 0.267 e. The van der Waals surface area contributed by atoms with E-state index in [1.165, 1.54) is 22.7 Å². The molecule has 4 aromatic rings. The molecule has 140 valence electrons. The zero-order chi connectivity index (χ0) is 19.3. The molecule has 0 spiro atoms. The summed E-state index contributed by atoms with van der Waals surface area (Å²) in [7, 11) is 0. The molecular formula is C21H17N3O2S2. The molecular weight excluding hydrogens is 390 g/mol. The maximum atomic E-state index is 12.4. The summed E-state index contributed by atoms with van der Waals surface area (Å²) < 4.78 is 0.